The topological polar surface area (TPSA) is 62.5 Å². The zero-order valence-corrected chi connectivity index (χ0v) is 10.9. The number of carbonyl (C=O) groups excluding carboxylic acids is 1. The summed E-state index contributed by atoms with van der Waals surface area (Å²) in [7, 11) is 1.76. The van der Waals surface area contributed by atoms with Crippen LogP contribution in [0, 0.1) is 0 Å². The first-order valence-electron chi connectivity index (χ1n) is 5.78. The molecule has 98 valence electrons. The first-order valence-corrected chi connectivity index (χ1v) is 5.78. The Kier molecular flexibility index (Phi) is 3.61. The number of allylic oxidation sites excluding steroid dienone is 2. The largest absolute Gasteiger partial charge is 0.320 e. The third-order valence-electron chi connectivity index (χ3n) is 2.58. The number of amides is 1. The fourth-order valence-corrected chi connectivity index (χ4v) is 1.60. The molecule has 2 rings (SSSR count). The highest BCUT2D eigenvalue weighted by Gasteiger charge is 2.13. The third kappa shape index (κ3) is 2.79. The molecule has 1 aliphatic heterocycles. The highest BCUT2D eigenvalue weighted by atomic mass is 16.2. The number of rotatable bonds is 3. The van der Waals surface area contributed by atoms with Crippen molar-refractivity contribution in [1.82, 2.24) is 20.0 Å². The Morgan fingerprint density at radius 1 is 1.53 bits per heavy atom. The van der Waals surface area contributed by atoms with Crippen LogP contribution >= 0.6 is 0 Å². The van der Waals surface area contributed by atoms with Crippen LogP contribution in [0.25, 0.3) is 0 Å². The minimum Gasteiger partial charge on any atom is -0.320 e. The van der Waals surface area contributed by atoms with Crippen LogP contribution < -0.4 is 5.32 Å². The molecule has 1 aromatic rings. The van der Waals surface area contributed by atoms with Gasteiger partial charge in [-0.1, -0.05) is 12.7 Å². The molecule has 0 fully saturated rings. The van der Waals surface area contributed by atoms with E-state index < -0.39 is 0 Å². The molecule has 1 amide bonds. The lowest BCUT2D eigenvalue weighted by Crippen LogP contribution is -2.26. The Morgan fingerprint density at radius 3 is 2.89 bits per heavy atom. The van der Waals surface area contributed by atoms with Crippen molar-refractivity contribution in [2.75, 3.05) is 0 Å². The Balaban J connectivity index is 2.12. The van der Waals surface area contributed by atoms with E-state index in [0.29, 0.717) is 11.5 Å². The summed E-state index contributed by atoms with van der Waals surface area (Å²) < 4.78 is 1.57. The number of carbonyl (C=O) groups is 1. The Labute approximate surface area is 111 Å². The van der Waals surface area contributed by atoms with Gasteiger partial charge in [-0.3, -0.25) is 9.48 Å². The lowest BCUT2D eigenvalue weighted by molar-refractivity contribution is 0.0959. The summed E-state index contributed by atoms with van der Waals surface area (Å²) in [6, 6.07) is 1.64. The summed E-state index contributed by atoms with van der Waals surface area (Å²) in [4.78, 5) is 17.9. The van der Waals surface area contributed by atoms with E-state index in [9.17, 15) is 4.79 Å². The number of hydrogen-bond donors (Lipinski definition) is 1. The molecule has 0 bridgehead atoms. The summed E-state index contributed by atoms with van der Waals surface area (Å²) >= 11 is 0. The van der Waals surface area contributed by atoms with Crippen molar-refractivity contribution < 1.29 is 4.79 Å². The van der Waals surface area contributed by atoms with Crippen molar-refractivity contribution in [2.45, 2.75) is 6.92 Å². The highest BCUT2D eigenvalue weighted by molar-refractivity contribution is 5.93. The maximum absolute atomic E-state index is 11.9. The summed E-state index contributed by atoms with van der Waals surface area (Å²) in [5.41, 5.74) is 1.24. The molecule has 6 heteroatoms. The molecule has 1 aromatic heterocycles. The van der Waals surface area contributed by atoms with E-state index >= 15 is 0 Å². The number of nitrogens with one attached hydrogen (secondary N) is 1. The van der Waals surface area contributed by atoms with Gasteiger partial charge in [-0.25, -0.2) is 4.99 Å². The smallest absolute Gasteiger partial charge is 0.277 e. The number of aliphatic imine (C=N–C) groups is 1. The number of aryl methyl sites for hydroxylation is 1. The molecular formula is C13H15N5O. The van der Waals surface area contributed by atoms with Crippen LogP contribution in [0.1, 0.15) is 17.4 Å². The molecule has 6 nitrogen and oxygen atoms in total. The van der Waals surface area contributed by atoms with Crippen molar-refractivity contribution in [3.63, 3.8) is 0 Å². The fraction of sp³-hybridized carbons (Fsp3) is 0.154. The van der Waals surface area contributed by atoms with Gasteiger partial charge in [0.25, 0.3) is 5.91 Å². The van der Waals surface area contributed by atoms with Crippen LogP contribution in [-0.2, 0) is 7.05 Å². The van der Waals surface area contributed by atoms with Gasteiger partial charge in [-0.2, -0.15) is 5.10 Å². The van der Waals surface area contributed by atoms with Crippen molar-refractivity contribution in [1.29, 1.82) is 0 Å². The minimum absolute atomic E-state index is 0.294. The third-order valence-corrected chi connectivity index (χ3v) is 2.58. The van der Waals surface area contributed by atoms with E-state index in [1.807, 2.05) is 13.0 Å². The number of aromatic nitrogens is 2. The van der Waals surface area contributed by atoms with Crippen molar-refractivity contribution in [3.05, 3.63) is 54.5 Å². The quantitative estimate of drug-likeness (QED) is 0.889. The van der Waals surface area contributed by atoms with E-state index in [-0.39, 0.29) is 5.91 Å². The second-order valence-corrected chi connectivity index (χ2v) is 3.90. The predicted octanol–water partition coefficient (Wildman–Crippen LogP) is 1.38. The van der Waals surface area contributed by atoms with Gasteiger partial charge in [0.2, 0.25) is 0 Å². The molecule has 1 N–H and O–H groups in total. The van der Waals surface area contributed by atoms with Gasteiger partial charge in [0.05, 0.1) is 18.1 Å². The standard InChI is InChI=1S/C13H15N5O/c1-4-10-8-14-12(9-18(10)5-2)15-13(19)11-6-7-17(3)16-11/h4-9H,2H2,1,3H3,(H,15,19)/b10-4-. The molecule has 0 atom stereocenters. The van der Waals surface area contributed by atoms with Crippen LogP contribution in [0.4, 0.5) is 0 Å². The summed E-state index contributed by atoms with van der Waals surface area (Å²) in [6.07, 6.45) is 8.62. The summed E-state index contributed by atoms with van der Waals surface area (Å²) in [5.74, 6) is 0.151. The van der Waals surface area contributed by atoms with Gasteiger partial charge in [0.15, 0.2) is 5.69 Å². The van der Waals surface area contributed by atoms with Gasteiger partial charge in [-0.15, -0.1) is 0 Å². The maximum Gasteiger partial charge on any atom is 0.277 e. The minimum atomic E-state index is -0.294. The molecule has 0 aliphatic carbocycles. The summed E-state index contributed by atoms with van der Waals surface area (Å²) in [5, 5.41) is 6.72. The van der Waals surface area contributed by atoms with E-state index in [2.05, 4.69) is 22.0 Å². The molecule has 0 radical (unpaired) electrons. The van der Waals surface area contributed by atoms with Gasteiger partial charge in [0.1, 0.15) is 5.82 Å². The second kappa shape index (κ2) is 5.34. The molecule has 1 aliphatic rings. The first kappa shape index (κ1) is 12.8. The van der Waals surface area contributed by atoms with E-state index in [1.54, 1.807) is 47.5 Å². The Morgan fingerprint density at radius 2 is 2.32 bits per heavy atom. The normalized spacial score (nSPS) is 16.4. The first-order chi connectivity index (χ1) is 9.13. The average Bonchev–Trinajstić information content (AvgIpc) is 2.85. The van der Waals surface area contributed by atoms with E-state index in [4.69, 9.17) is 0 Å². The molecule has 0 saturated carbocycles. The van der Waals surface area contributed by atoms with Crippen LogP contribution in [0.3, 0.4) is 0 Å². The van der Waals surface area contributed by atoms with Gasteiger partial charge < -0.3 is 10.2 Å². The lowest BCUT2D eigenvalue weighted by Gasteiger charge is -2.20. The molecule has 2 heterocycles. The van der Waals surface area contributed by atoms with Crippen LogP contribution in [0.2, 0.25) is 0 Å². The molecule has 0 unspecified atom stereocenters. The highest BCUT2D eigenvalue weighted by Crippen LogP contribution is 2.12. The van der Waals surface area contributed by atoms with Crippen molar-refractivity contribution in [2.24, 2.45) is 12.0 Å². The van der Waals surface area contributed by atoms with Crippen molar-refractivity contribution in [3.8, 4) is 0 Å². The zero-order valence-electron chi connectivity index (χ0n) is 10.9. The molecule has 0 spiro atoms. The average molecular weight is 257 g/mol. The van der Waals surface area contributed by atoms with Gasteiger partial charge in [-0.05, 0) is 13.0 Å². The maximum atomic E-state index is 11.9. The SMILES string of the molecule is C=CN1C=C(NC(=O)c2ccn(C)n2)N=C/C1=C/C. The molecular weight excluding hydrogens is 242 g/mol. The molecule has 0 saturated heterocycles. The van der Waals surface area contributed by atoms with Crippen LogP contribution in [0.15, 0.2) is 53.8 Å². The lowest BCUT2D eigenvalue weighted by atomic mass is 10.3. The van der Waals surface area contributed by atoms with Crippen LogP contribution in [0.5, 0.6) is 0 Å². The Bertz CT molecular complexity index is 594. The van der Waals surface area contributed by atoms with E-state index in [1.165, 1.54) is 0 Å². The fourth-order valence-electron chi connectivity index (χ4n) is 1.60. The van der Waals surface area contributed by atoms with E-state index in [0.717, 1.165) is 5.70 Å². The van der Waals surface area contributed by atoms with Gasteiger partial charge in [0, 0.05) is 19.4 Å². The zero-order chi connectivity index (χ0) is 13.8. The number of hydrogen-bond acceptors (Lipinski definition) is 4. The van der Waals surface area contributed by atoms with Gasteiger partial charge >= 0.3 is 0 Å². The van der Waals surface area contributed by atoms with Crippen molar-refractivity contribution >= 4 is 12.1 Å². The second-order valence-electron chi connectivity index (χ2n) is 3.90. The molecule has 19 heavy (non-hydrogen) atoms. The number of nitrogens with zero attached hydrogens (tertiary/aromatic N) is 4. The van der Waals surface area contributed by atoms with Crippen LogP contribution in [-0.4, -0.2) is 26.8 Å². The predicted molar refractivity (Wildman–Crippen MR) is 73.0 cm³/mol. The summed E-state index contributed by atoms with van der Waals surface area (Å²) in [6.45, 7) is 5.61. The Hall–Kier alpha value is -2.63. The monoisotopic (exact) mass is 257 g/mol. The molecule has 0 aromatic carbocycles.